The molecule has 0 aromatic heterocycles. The van der Waals surface area contributed by atoms with E-state index in [-0.39, 0.29) is 17.7 Å². The monoisotopic (exact) mass is 380 g/mol. The molecule has 0 spiro atoms. The number of amides is 2. The van der Waals surface area contributed by atoms with Crippen LogP contribution in [0.25, 0.3) is 0 Å². The van der Waals surface area contributed by atoms with Gasteiger partial charge >= 0.3 is 5.97 Å². The molecule has 0 atom stereocenters. The Balaban J connectivity index is 1.70. The lowest BCUT2D eigenvalue weighted by molar-refractivity contribution is -0.131. The maximum Gasteiger partial charge on any atom is 0.337 e. The number of methoxy groups -OCH3 is 1. The van der Waals surface area contributed by atoms with Crippen molar-refractivity contribution >= 4 is 29.2 Å². The molecule has 1 saturated carbocycles. The van der Waals surface area contributed by atoms with Crippen molar-refractivity contribution in [2.45, 2.75) is 32.6 Å². The highest BCUT2D eigenvalue weighted by atomic mass is 16.5. The van der Waals surface area contributed by atoms with Gasteiger partial charge in [-0.05, 0) is 54.7 Å². The third kappa shape index (κ3) is 3.91. The maximum atomic E-state index is 12.9. The molecule has 2 N–H and O–H groups in total. The Morgan fingerprint density at radius 2 is 1.54 bits per heavy atom. The van der Waals surface area contributed by atoms with Crippen LogP contribution in [0.3, 0.4) is 0 Å². The lowest BCUT2D eigenvalue weighted by Crippen LogP contribution is -2.35. The molecule has 6 heteroatoms. The van der Waals surface area contributed by atoms with Crippen molar-refractivity contribution in [1.82, 2.24) is 0 Å². The average molecular weight is 380 g/mol. The van der Waals surface area contributed by atoms with Gasteiger partial charge in [-0.15, -0.1) is 0 Å². The van der Waals surface area contributed by atoms with Gasteiger partial charge in [-0.1, -0.05) is 32.0 Å². The average Bonchev–Trinajstić information content (AvgIpc) is 3.50. The first kappa shape index (κ1) is 19.6. The summed E-state index contributed by atoms with van der Waals surface area (Å²) in [5.74, 6) is -0.810. The number of carbonyl (C=O) groups excluding carboxylic acids is 3. The fourth-order valence-corrected chi connectivity index (χ4v) is 3.10. The van der Waals surface area contributed by atoms with E-state index in [1.54, 1.807) is 24.3 Å². The van der Waals surface area contributed by atoms with Crippen LogP contribution in [0.2, 0.25) is 0 Å². The lowest BCUT2D eigenvalue weighted by Gasteiger charge is -2.18. The minimum atomic E-state index is -1.05. The fraction of sp³-hybridized carbons (Fsp3) is 0.318. The second-order valence-electron chi connectivity index (χ2n) is 7.30. The van der Waals surface area contributed by atoms with Crippen molar-refractivity contribution in [2.24, 2.45) is 5.41 Å². The van der Waals surface area contributed by atoms with Gasteiger partial charge in [0.05, 0.1) is 12.7 Å². The van der Waals surface area contributed by atoms with E-state index >= 15 is 0 Å². The number of nitrogens with one attached hydrogen (secondary N) is 2. The molecule has 6 nitrogen and oxygen atoms in total. The molecule has 1 fully saturated rings. The van der Waals surface area contributed by atoms with Crippen LogP contribution in [0, 0.1) is 5.41 Å². The van der Waals surface area contributed by atoms with Gasteiger partial charge in [0.25, 0.3) is 0 Å². The van der Waals surface area contributed by atoms with E-state index in [2.05, 4.69) is 29.2 Å². The van der Waals surface area contributed by atoms with E-state index in [1.807, 2.05) is 24.3 Å². The zero-order valence-corrected chi connectivity index (χ0v) is 16.2. The van der Waals surface area contributed by atoms with Crippen LogP contribution >= 0.6 is 0 Å². The smallest absolute Gasteiger partial charge is 0.337 e. The Bertz CT molecular complexity index is 899. The second-order valence-corrected chi connectivity index (χ2v) is 7.30. The Labute approximate surface area is 164 Å². The SMILES string of the molecule is COC(=O)c1ccc(NC(=O)C2(C(=O)Nc3ccccc3C(C)C)CC2)cc1. The number of para-hydroxylation sites is 1. The molecule has 0 bridgehead atoms. The van der Waals surface area contributed by atoms with Crippen molar-refractivity contribution in [3.8, 4) is 0 Å². The summed E-state index contributed by atoms with van der Waals surface area (Å²) in [5, 5.41) is 5.71. The summed E-state index contributed by atoms with van der Waals surface area (Å²) < 4.78 is 4.66. The van der Waals surface area contributed by atoms with Gasteiger partial charge in [0.2, 0.25) is 11.8 Å². The molecule has 0 saturated heterocycles. The number of anilines is 2. The van der Waals surface area contributed by atoms with Crippen LogP contribution in [0.1, 0.15) is 48.5 Å². The maximum absolute atomic E-state index is 12.9. The number of hydrogen-bond donors (Lipinski definition) is 2. The van der Waals surface area contributed by atoms with Gasteiger partial charge in [0, 0.05) is 11.4 Å². The molecule has 28 heavy (non-hydrogen) atoms. The normalized spacial score (nSPS) is 14.3. The summed E-state index contributed by atoms with van der Waals surface area (Å²) in [6.07, 6.45) is 1.02. The molecule has 0 unspecified atom stereocenters. The summed E-state index contributed by atoms with van der Waals surface area (Å²) in [6, 6.07) is 14.0. The highest BCUT2D eigenvalue weighted by Gasteiger charge is 2.56. The number of esters is 1. The van der Waals surface area contributed by atoms with Crippen molar-refractivity contribution < 1.29 is 19.1 Å². The van der Waals surface area contributed by atoms with E-state index in [0.29, 0.717) is 24.1 Å². The Morgan fingerprint density at radius 1 is 0.929 bits per heavy atom. The summed E-state index contributed by atoms with van der Waals surface area (Å²) in [4.78, 5) is 37.1. The predicted molar refractivity (Wildman–Crippen MR) is 107 cm³/mol. The van der Waals surface area contributed by atoms with Crippen LogP contribution in [0.15, 0.2) is 48.5 Å². The Kier molecular flexibility index (Phi) is 5.49. The number of ether oxygens (including phenoxy) is 1. The minimum absolute atomic E-state index is 0.258. The zero-order valence-electron chi connectivity index (χ0n) is 16.2. The van der Waals surface area contributed by atoms with Crippen LogP contribution in [-0.4, -0.2) is 24.9 Å². The molecule has 3 rings (SSSR count). The molecule has 0 radical (unpaired) electrons. The summed E-state index contributed by atoms with van der Waals surface area (Å²) in [6.45, 7) is 4.12. The standard InChI is InChI=1S/C22H24N2O4/c1-14(2)17-6-4-5-7-18(17)24-21(27)22(12-13-22)20(26)23-16-10-8-15(9-11-16)19(25)28-3/h4-11,14H,12-13H2,1-3H3,(H,23,26)(H,24,27). The van der Waals surface area contributed by atoms with Crippen molar-refractivity contribution in [3.05, 3.63) is 59.7 Å². The molecule has 1 aliphatic rings. The van der Waals surface area contributed by atoms with Gasteiger partial charge in [-0.3, -0.25) is 9.59 Å². The molecule has 0 aliphatic heterocycles. The Morgan fingerprint density at radius 3 is 2.11 bits per heavy atom. The third-order valence-electron chi connectivity index (χ3n) is 5.01. The van der Waals surface area contributed by atoms with Crippen molar-refractivity contribution in [1.29, 1.82) is 0 Å². The molecular weight excluding hydrogens is 356 g/mol. The fourth-order valence-electron chi connectivity index (χ4n) is 3.10. The third-order valence-corrected chi connectivity index (χ3v) is 5.01. The highest BCUT2D eigenvalue weighted by Crippen LogP contribution is 2.47. The molecular formula is C22H24N2O4. The van der Waals surface area contributed by atoms with E-state index in [1.165, 1.54) is 7.11 Å². The Hall–Kier alpha value is -3.15. The van der Waals surface area contributed by atoms with Gasteiger partial charge in [0.1, 0.15) is 5.41 Å². The number of rotatable bonds is 6. The van der Waals surface area contributed by atoms with Gasteiger partial charge in [-0.25, -0.2) is 4.79 Å². The molecule has 0 heterocycles. The van der Waals surface area contributed by atoms with E-state index in [9.17, 15) is 14.4 Å². The highest BCUT2D eigenvalue weighted by molar-refractivity contribution is 6.17. The zero-order chi connectivity index (χ0) is 20.3. The summed E-state index contributed by atoms with van der Waals surface area (Å²) in [7, 11) is 1.31. The molecule has 2 amide bonds. The predicted octanol–water partition coefficient (Wildman–Crippen LogP) is 3.95. The van der Waals surface area contributed by atoms with Crippen LogP contribution < -0.4 is 10.6 Å². The quantitative estimate of drug-likeness (QED) is 0.587. The van der Waals surface area contributed by atoms with Crippen LogP contribution in [0.5, 0.6) is 0 Å². The number of hydrogen-bond acceptors (Lipinski definition) is 4. The second kappa shape index (κ2) is 7.84. The minimum Gasteiger partial charge on any atom is -0.465 e. The summed E-state index contributed by atoms with van der Waals surface area (Å²) >= 11 is 0. The molecule has 2 aromatic carbocycles. The van der Waals surface area contributed by atoms with Gasteiger partial charge < -0.3 is 15.4 Å². The summed E-state index contributed by atoms with van der Waals surface area (Å²) in [5.41, 5.74) is 1.64. The van der Waals surface area contributed by atoms with Crippen LogP contribution in [0.4, 0.5) is 11.4 Å². The van der Waals surface area contributed by atoms with Crippen molar-refractivity contribution in [3.63, 3.8) is 0 Å². The first-order chi connectivity index (χ1) is 13.4. The first-order valence-electron chi connectivity index (χ1n) is 9.27. The largest absolute Gasteiger partial charge is 0.465 e. The van der Waals surface area contributed by atoms with E-state index in [0.717, 1.165) is 11.3 Å². The molecule has 146 valence electrons. The van der Waals surface area contributed by atoms with Gasteiger partial charge in [-0.2, -0.15) is 0 Å². The number of carbonyl (C=O) groups is 3. The van der Waals surface area contributed by atoms with E-state index in [4.69, 9.17) is 0 Å². The van der Waals surface area contributed by atoms with Gasteiger partial charge in [0.15, 0.2) is 0 Å². The number of benzene rings is 2. The molecule has 1 aliphatic carbocycles. The van der Waals surface area contributed by atoms with Crippen LogP contribution in [-0.2, 0) is 14.3 Å². The molecule has 2 aromatic rings. The van der Waals surface area contributed by atoms with Crippen molar-refractivity contribution in [2.75, 3.05) is 17.7 Å². The first-order valence-corrected chi connectivity index (χ1v) is 9.27. The lowest BCUT2D eigenvalue weighted by atomic mass is 9.99. The topological polar surface area (TPSA) is 84.5 Å². The van der Waals surface area contributed by atoms with E-state index < -0.39 is 11.4 Å².